The van der Waals surface area contributed by atoms with E-state index in [0.29, 0.717) is 17.8 Å². The summed E-state index contributed by atoms with van der Waals surface area (Å²) in [6, 6.07) is 2.64. The van der Waals surface area contributed by atoms with Crippen LogP contribution >= 0.6 is 0 Å². The highest BCUT2D eigenvalue weighted by molar-refractivity contribution is 5.12. The SMILES string of the molecule is N#Cc1cnn(C2CCC(N)CC2)n1. The standard InChI is InChI=1S/C9H13N5/c10-5-8-6-12-14(13-8)9-3-1-7(11)2-4-9/h6-7,9H,1-4,11H2. The van der Waals surface area contributed by atoms with E-state index >= 15 is 0 Å². The van der Waals surface area contributed by atoms with Crippen LogP contribution in [0.25, 0.3) is 0 Å². The normalized spacial score (nSPS) is 27.1. The summed E-state index contributed by atoms with van der Waals surface area (Å²) in [5.41, 5.74) is 6.19. The molecule has 0 aromatic carbocycles. The predicted molar refractivity (Wildman–Crippen MR) is 50.2 cm³/mol. The lowest BCUT2D eigenvalue weighted by atomic mass is 9.92. The maximum Gasteiger partial charge on any atom is 0.182 e. The second-order valence-electron chi connectivity index (χ2n) is 3.73. The number of nitriles is 1. The van der Waals surface area contributed by atoms with Crippen molar-refractivity contribution in [3.63, 3.8) is 0 Å². The highest BCUT2D eigenvalue weighted by atomic mass is 15.5. The minimum atomic E-state index is 0.330. The molecule has 0 amide bonds. The summed E-state index contributed by atoms with van der Waals surface area (Å²) < 4.78 is 0. The van der Waals surface area contributed by atoms with Gasteiger partial charge >= 0.3 is 0 Å². The molecule has 14 heavy (non-hydrogen) atoms. The van der Waals surface area contributed by atoms with Gasteiger partial charge in [0.05, 0.1) is 12.2 Å². The van der Waals surface area contributed by atoms with Crippen LogP contribution < -0.4 is 5.73 Å². The molecule has 5 nitrogen and oxygen atoms in total. The summed E-state index contributed by atoms with van der Waals surface area (Å²) in [4.78, 5) is 1.66. The van der Waals surface area contributed by atoms with Gasteiger partial charge < -0.3 is 5.73 Å². The average Bonchev–Trinajstić information content (AvgIpc) is 2.67. The molecule has 0 unspecified atom stereocenters. The number of nitrogens with two attached hydrogens (primary N) is 1. The van der Waals surface area contributed by atoms with Gasteiger partial charge in [0.1, 0.15) is 6.07 Å². The van der Waals surface area contributed by atoms with Gasteiger partial charge in [-0.25, -0.2) is 0 Å². The van der Waals surface area contributed by atoms with E-state index in [1.807, 2.05) is 6.07 Å². The predicted octanol–water partition coefficient (Wildman–Crippen LogP) is 0.592. The first-order chi connectivity index (χ1) is 6.79. The van der Waals surface area contributed by atoms with Crippen molar-refractivity contribution < 1.29 is 0 Å². The molecule has 0 atom stereocenters. The van der Waals surface area contributed by atoms with Gasteiger partial charge in [0.15, 0.2) is 5.69 Å². The van der Waals surface area contributed by atoms with E-state index in [-0.39, 0.29) is 0 Å². The van der Waals surface area contributed by atoms with E-state index in [0.717, 1.165) is 25.7 Å². The lowest BCUT2D eigenvalue weighted by Gasteiger charge is -2.24. The van der Waals surface area contributed by atoms with Crippen molar-refractivity contribution >= 4 is 0 Å². The third kappa shape index (κ3) is 1.75. The van der Waals surface area contributed by atoms with Crippen LogP contribution in [-0.4, -0.2) is 21.0 Å². The number of rotatable bonds is 1. The molecule has 0 radical (unpaired) electrons. The van der Waals surface area contributed by atoms with Crippen LogP contribution in [0.4, 0.5) is 0 Å². The van der Waals surface area contributed by atoms with Crippen LogP contribution in [0.1, 0.15) is 37.4 Å². The Labute approximate surface area is 82.5 Å². The fourth-order valence-corrected chi connectivity index (χ4v) is 1.84. The Hall–Kier alpha value is -1.41. The minimum absolute atomic E-state index is 0.330. The zero-order chi connectivity index (χ0) is 9.97. The molecule has 0 aliphatic heterocycles. The van der Waals surface area contributed by atoms with Crippen LogP contribution in [0, 0.1) is 11.3 Å². The van der Waals surface area contributed by atoms with E-state index < -0.39 is 0 Å². The molecule has 0 bridgehead atoms. The minimum Gasteiger partial charge on any atom is -0.328 e. The number of hydrogen-bond acceptors (Lipinski definition) is 4. The zero-order valence-corrected chi connectivity index (χ0v) is 7.93. The van der Waals surface area contributed by atoms with E-state index in [4.69, 9.17) is 11.0 Å². The van der Waals surface area contributed by atoms with Crippen molar-refractivity contribution in [1.29, 1.82) is 5.26 Å². The first-order valence-electron chi connectivity index (χ1n) is 4.87. The largest absolute Gasteiger partial charge is 0.328 e. The molecule has 1 aromatic heterocycles. The molecule has 1 aliphatic rings. The van der Waals surface area contributed by atoms with Gasteiger partial charge in [0.2, 0.25) is 0 Å². The zero-order valence-electron chi connectivity index (χ0n) is 7.93. The Bertz CT molecular complexity index is 342. The van der Waals surface area contributed by atoms with Crippen molar-refractivity contribution in [2.45, 2.75) is 37.8 Å². The topological polar surface area (TPSA) is 80.5 Å². The summed E-state index contributed by atoms with van der Waals surface area (Å²) in [7, 11) is 0. The van der Waals surface area contributed by atoms with Gasteiger partial charge in [-0.3, -0.25) is 0 Å². The van der Waals surface area contributed by atoms with Gasteiger partial charge in [0.25, 0.3) is 0 Å². The summed E-state index contributed by atoms with van der Waals surface area (Å²) in [6.07, 6.45) is 5.58. The van der Waals surface area contributed by atoms with Crippen molar-refractivity contribution in [2.75, 3.05) is 0 Å². The van der Waals surface area contributed by atoms with Gasteiger partial charge in [-0.2, -0.15) is 15.2 Å². The molecule has 1 heterocycles. The summed E-state index contributed by atoms with van der Waals surface area (Å²) >= 11 is 0. The van der Waals surface area contributed by atoms with Crippen LogP contribution in [-0.2, 0) is 0 Å². The Morgan fingerprint density at radius 1 is 1.43 bits per heavy atom. The van der Waals surface area contributed by atoms with E-state index in [1.54, 1.807) is 4.80 Å². The highest BCUT2D eigenvalue weighted by Gasteiger charge is 2.21. The van der Waals surface area contributed by atoms with Gasteiger partial charge in [-0.15, -0.1) is 5.10 Å². The van der Waals surface area contributed by atoms with Crippen LogP contribution in [0.2, 0.25) is 0 Å². The maximum absolute atomic E-state index is 8.61. The molecule has 2 N–H and O–H groups in total. The molecular weight excluding hydrogens is 178 g/mol. The van der Waals surface area contributed by atoms with E-state index in [2.05, 4.69) is 10.2 Å². The summed E-state index contributed by atoms with van der Waals surface area (Å²) in [6.45, 7) is 0. The Kier molecular flexibility index (Phi) is 2.46. The maximum atomic E-state index is 8.61. The molecule has 1 aliphatic carbocycles. The van der Waals surface area contributed by atoms with E-state index in [9.17, 15) is 0 Å². The van der Waals surface area contributed by atoms with Crippen molar-refractivity contribution in [3.05, 3.63) is 11.9 Å². The summed E-state index contributed by atoms with van der Waals surface area (Å²) in [5.74, 6) is 0. The molecule has 1 aromatic rings. The molecule has 1 saturated carbocycles. The third-order valence-corrected chi connectivity index (χ3v) is 2.69. The molecule has 2 rings (SSSR count). The Morgan fingerprint density at radius 3 is 2.71 bits per heavy atom. The average molecular weight is 191 g/mol. The first kappa shape index (κ1) is 9.16. The molecule has 5 heteroatoms. The van der Waals surface area contributed by atoms with Crippen LogP contribution in [0.15, 0.2) is 6.20 Å². The molecule has 0 spiro atoms. The lowest BCUT2D eigenvalue weighted by Crippen LogP contribution is -2.28. The number of nitrogens with zero attached hydrogens (tertiary/aromatic N) is 4. The second-order valence-corrected chi connectivity index (χ2v) is 3.73. The quantitative estimate of drug-likeness (QED) is 0.704. The molecule has 1 fully saturated rings. The smallest absolute Gasteiger partial charge is 0.182 e. The van der Waals surface area contributed by atoms with Crippen molar-refractivity contribution in [3.8, 4) is 6.07 Å². The lowest BCUT2D eigenvalue weighted by molar-refractivity contribution is 0.280. The van der Waals surface area contributed by atoms with Gasteiger partial charge in [-0.05, 0) is 25.7 Å². The third-order valence-electron chi connectivity index (χ3n) is 2.69. The number of aromatic nitrogens is 3. The molecule has 74 valence electrons. The monoisotopic (exact) mass is 191 g/mol. The van der Waals surface area contributed by atoms with Crippen LogP contribution in [0.3, 0.4) is 0 Å². The fourth-order valence-electron chi connectivity index (χ4n) is 1.84. The molecule has 0 saturated heterocycles. The second kappa shape index (κ2) is 3.76. The van der Waals surface area contributed by atoms with E-state index in [1.165, 1.54) is 6.20 Å². The summed E-state index contributed by atoms with van der Waals surface area (Å²) in [5, 5.41) is 16.8. The van der Waals surface area contributed by atoms with Crippen molar-refractivity contribution in [2.24, 2.45) is 5.73 Å². The van der Waals surface area contributed by atoms with Gasteiger partial charge in [-0.1, -0.05) is 0 Å². The fraction of sp³-hybridized carbons (Fsp3) is 0.667. The Morgan fingerprint density at radius 2 is 2.14 bits per heavy atom. The van der Waals surface area contributed by atoms with Crippen molar-refractivity contribution in [1.82, 2.24) is 15.0 Å². The Balaban J connectivity index is 2.05. The molecular formula is C9H13N5. The highest BCUT2D eigenvalue weighted by Crippen LogP contribution is 2.25. The first-order valence-corrected chi connectivity index (χ1v) is 4.87. The number of hydrogen-bond donors (Lipinski definition) is 1. The van der Waals surface area contributed by atoms with Crippen LogP contribution in [0.5, 0.6) is 0 Å². The van der Waals surface area contributed by atoms with Gasteiger partial charge in [0, 0.05) is 6.04 Å².